The third kappa shape index (κ3) is 4.88. The molecule has 0 aliphatic rings. The third-order valence-corrected chi connectivity index (χ3v) is 4.52. The maximum Gasteiger partial charge on any atom is 0.241 e. The van der Waals surface area contributed by atoms with Crippen molar-refractivity contribution in [1.29, 1.82) is 0 Å². The number of nitrogens with one attached hydrogen (secondary N) is 1. The number of ether oxygens (including phenoxy) is 1. The van der Waals surface area contributed by atoms with Gasteiger partial charge in [-0.3, -0.25) is 4.79 Å². The van der Waals surface area contributed by atoms with Crippen LogP contribution < -0.4 is 10.2 Å². The Morgan fingerprint density at radius 1 is 1.00 bits per heavy atom. The number of para-hydroxylation sites is 2. The van der Waals surface area contributed by atoms with Crippen LogP contribution in [0.1, 0.15) is 17.5 Å². The van der Waals surface area contributed by atoms with Crippen LogP contribution in [0.5, 0.6) is 5.75 Å². The second-order valence-electron chi connectivity index (χ2n) is 6.66. The minimum Gasteiger partial charge on any atom is -0.488 e. The Bertz CT molecular complexity index is 1150. The monoisotopic (exact) mass is 399 g/mol. The summed E-state index contributed by atoms with van der Waals surface area (Å²) in [4.78, 5) is 12.1. The molecule has 150 valence electrons. The highest BCUT2D eigenvalue weighted by Gasteiger charge is 2.06. The SMILES string of the molecule is O=C(CCn1nnc2ccccc21)N/N=C/c1ccccc1OCc1ccccc1. The zero-order chi connectivity index (χ0) is 20.6. The highest BCUT2D eigenvalue weighted by molar-refractivity contribution is 5.85. The van der Waals surface area contributed by atoms with E-state index in [1.54, 1.807) is 10.9 Å². The second-order valence-corrected chi connectivity index (χ2v) is 6.66. The summed E-state index contributed by atoms with van der Waals surface area (Å²) in [6, 6.07) is 25.1. The summed E-state index contributed by atoms with van der Waals surface area (Å²) in [5, 5.41) is 12.2. The average molecular weight is 399 g/mol. The molecule has 0 saturated carbocycles. The molecule has 1 N–H and O–H groups in total. The van der Waals surface area contributed by atoms with E-state index < -0.39 is 0 Å². The average Bonchev–Trinajstić information content (AvgIpc) is 3.21. The largest absolute Gasteiger partial charge is 0.488 e. The molecule has 0 aliphatic heterocycles. The van der Waals surface area contributed by atoms with Crippen molar-refractivity contribution in [2.24, 2.45) is 5.10 Å². The lowest BCUT2D eigenvalue weighted by molar-refractivity contribution is -0.121. The Kier molecular flexibility index (Phi) is 6.10. The Labute approximate surface area is 174 Å². The number of hydrogen-bond donors (Lipinski definition) is 1. The van der Waals surface area contributed by atoms with Crippen molar-refractivity contribution in [1.82, 2.24) is 20.4 Å². The van der Waals surface area contributed by atoms with E-state index in [0.717, 1.165) is 22.2 Å². The van der Waals surface area contributed by atoms with Crippen LogP contribution in [0.15, 0.2) is 84.0 Å². The van der Waals surface area contributed by atoms with Crippen molar-refractivity contribution < 1.29 is 9.53 Å². The molecule has 0 saturated heterocycles. The van der Waals surface area contributed by atoms with Crippen molar-refractivity contribution in [3.63, 3.8) is 0 Å². The van der Waals surface area contributed by atoms with Gasteiger partial charge in [0.1, 0.15) is 17.9 Å². The number of rotatable bonds is 8. The van der Waals surface area contributed by atoms with Crippen molar-refractivity contribution in [2.45, 2.75) is 19.6 Å². The molecule has 0 radical (unpaired) electrons. The van der Waals surface area contributed by atoms with Crippen LogP contribution in [0.2, 0.25) is 0 Å². The molecule has 1 aromatic heterocycles. The lowest BCUT2D eigenvalue weighted by Crippen LogP contribution is -2.19. The van der Waals surface area contributed by atoms with Gasteiger partial charge >= 0.3 is 0 Å². The highest BCUT2D eigenvalue weighted by atomic mass is 16.5. The number of amides is 1. The van der Waals surface area contributed by atoms with E-state index in [0.29, 0.717) is 18.9 Å². The number of nitrogens with zero attached hydrogens (tertiary/aromatic N) is 4. The summed E-state index contributed by atoms with van der Waals surface area (Å²) in [5.41, 5.74) is 6.14. The van der Waals surface area contributed by atoms with Crippen molar-refractivity contribution in [2.75, 3.05) is 0 Å². The number of hydrazone groups is 1. The molecule has 4 rings (SSSR count). The van der Waals surface area contributed by atoms with Gasteiger partial charge in [0.05, 0.1) is 18.3 Å². The molecular weight excluding hydrogens is 378 g/mol. The molecule has 7 heteroatoms. The van der Waals surface area contributed by atoms with Crippen molar-refractivity contribution in [3.05, 3.63) is 90.0 Å². The quantitative estimate of drug-likeness (QED) is 0.363. The molecule has 0 atom stereocenters. The molecule has 0 aliphatic carbocycles. The lowest BCUT2D eigenvalue weighted by atomic mass is 10.2. The smallest absolute Gasteiger partial charge is 0.241 e. The number of carbonyl (C=O) groups is 1. The van der Waals surface area contributed by atoms with E-state index in [4.69, 9.17) is 4.74 Å². The van der Waals surface area contributed by atoms with Crippen LogP contribution in [0.25, 0.3) is 11.0 Å². The molecular formula is C23H21N5O2. The van der Waals surface area contributed by atoms with Crippen LogP contribution in [-0.4, -0.2) is 27.1 Å². The number of aromatic nitrogens is 3. The Morgan fingerprint density at radius 2 is 1.77 bits per heavy atom. The lowest BCUT2D eigenvalue weighted by Gasteiger charge is -2.09. The minimum atomic E-state index is -0.200. The second kappa shape index (κ2) is 9.47. The van der Waals surface area contributed by atoms with E-state index in [1.807, 2.05) is 78.9 Å². The first-order valence-electron chi connectivity index (χ1n) is 9.65. The zero-order valence-corrected chi connectivity index (χ0v) is 16.3. The molecule has 1 heterocycles. The number of hydrogen-bond acceptors (Lipinski definition) is 5. The van der Waals surface area contributed by atoms with Gasteiger partial charge in [0.15, 0.2) is 0 Å². The van der Waals surface area contributed by atoms with E-state index in [9.17, 15) is 4.79 Å². The fraction of sp³-hybridized carbons (Fsp3) is 0.130. The predicted molar refractivity (Wildman–Crippen MR) is 115 cm³/mol. The molecule has 4 aromatic rings. The van der Waals surface area contributed by atoms with Crippen LogP contribution in [0, 0.1) is 0 Å². The van der Waals surface area contributed by atoms with Gasteiger partial charge in [-0.1, -0.05) is 59.8 Å². The van der Waals surface area contributed by atoms with Crippen LogP contribution in [0.4, 0.5) is 0 Å². The van der Waals surface area contributed by atoms with E-state index in [-0.39, 0.29) is 12.3 Å². The number of carbonyl (C=O) groups excluding carboxylic acids is 1. The first-order valence-corrected chi connectivity index (χ1v) is 9.65. The van der Waals surface area contributed by atoms with Gasteiger partial charge in [0.25, 0.3) is 0 Å². The molecule has 3 aromatic carbocycles. The predicted octanol–water partition coefficient (Wildman–Crippen LogP) is 3.55. The minimum absolute atomic E-state index is 0.200. The summed E-state index contributed by atoms with van der Waals surface area (Å²) in [5.74, 6) is 0.502. The summed E-state index contributed by atoms with van der Waals surface area (Å²) in [6.45, 7) is 0.891. The number of benzene rings is 3. The van der Waals surface area contributed by atoms with Crippen molar-refractivity contribution >= 4 is 23.2 Å². The first kappa shape index (κ1) is 19.3. The van der Waals surface area contributed by atoms with Gasteiger partial charge < -0.3 is 4.74 Å². The zero-order valence-electron chi connectivity index (χ0n) is 16.3. The maximum atomic E-state index is 12.1. The fourth-order valence-electron chi connectivity index (χ4n) is 2.97. The summed E-state index contributed by atoms with van der Waals surface area (Å²) >= 11 is 0. The van der Waals surface area contributed by atoms with E-state index >= 15 is 0 Å². The fourth-order valence-corrected chi connectivity index (χ4v) is 2.97. The first-order chi connectivity index (χ1) is 14.8. The molecule has 30 heavy (non-hydrogen) atoms. The standard InChI is InChI=1S/C23H21N5O2/c29-23(14-15-28-21-12-6-5-11-20(21)25-27-28)26-24-16-19-10-4-7-13-22(19)30-17-18-8-2-1-3-9-18/h1-13,16H,14-15,17H2,(H,26,29)/b24-16+. The summed E-state index contributed by atoms with van der Waals surface area (Å²) in [7, 11) is 0. The van der Waals surface area contributed by atoms with E-state index in [2.05, 4.69) is 20.8 Å². The van der Waals surface area contributed by atoms with Crippen LogP contribution in [0.3, 0.4) is 0 Å². The molecule has 0 bridgehead atoms. The normalized spacial score (nSPS) is 11.1. The topological polar surface area (TPSA) is 81.4 Å². The van der Waals surface area contributed by atoms with Gasteiger partial charge in [0, 0.05) is 12.0 Å². The van der Waals surface area contributed by atoms with Gasteiger partial charge in [-0.05, 0) is 29.8 Å². The van der Waals surface area contributed by atoms with Gasteiger partial charge in [-0.15, -0.1) is 5.10 Å². The summed E-state index contributed by atoms with van der Waals surface area (Å²) < 4.78 is 7.61. The number of fused-ring (bicyclic) bond motifs is 1. The molecule has 0 spiro atoms. The van der Waals surface area contributed by atoms with Gasteiger partial charge in [0.2, 0.25) is 5.91 Å². The molecule has 1 amide bonds. The summed E-state index contributed by atoms with van der Waals surface area (Å²) in [6.07, 6.45) is 1.83. The van der Waals surface area contributed by atoms with E-state index in [1.165, 1.54) is 0 Å². The van der Waals surface area contributed by atoms with Crippen LogP contribution in [-0.2, 0) is 17.9 Å². The maximum absolute atomic E-state index is 12.1. The Morgan fingerprint density at radius 3 is 2.67 bits per heavy atom. The Hall–Kier alpha value is -4.00. The highest BCUT2D eigenvalue weighted by Crippen LogP contribution is 2.17. The number of aryl methyl sites for hydroxylation is 1. The molecule has 0 fully saturated rings. The van der Waals surface area contributed by atoms with Crippen LogP contribution >= 0.6 is 0 Å². The molecule has 0 unspecified atom stereocenters. The molecule has 7 nitrogen and oxygen atoms in total. The van der Waals surface area contributed by atoms with Gasteiger partial charge in [-0.2, -0.15) is 5.10 Å². The van der Waals surface area contributed by atoms with Crippen molar-refractivity contribution in [3.8, 4) is 5.75 Å². The Balaban J connectivity index is 1.31. The third-order valence-electron chi connectivity index (χ3n) is 4.52. The van der Waals surface area contributed by atoms with Gasteiger partial charge in [-0.25, -0.2) is 10.1 Å².